The van der Waals surface area contributed by atoms with E-state index in [2.05, 4.69) is 5.32 Å². The van der Waals surface area contributed by atoms with Crippen LogP contribution in [-0.2, 0) is 4.74 Å². The molecule has 1 unspecified atom stereocenters. The summed E-state index contributed by atoms with van der Waals surface area (Å²) in [4.78, 5) is 0. The van der Waals surface area contributed by atoms with Gasteiger partial charge in [-0.05, 0) is 32.2 Å². The molecule has 4 N–H and O–H groups in total. The molecule has 0 radical (unpaired) electrons. The molecule has 4 heteroatoms. The molecule has 108 valence electrons. The highest BCUT2D eigenvalue weighted by Gasteiger charge is 2.28. The van der Waals surface area contributed by atoms with Crippen molar-refractivity contribution in [2.75, 3.05) is 26.8 Å². The van der Waals surface area contributed by atoms with Crippen LogP contribution in [0.2, 0.25) is 0 Å². The molecule has 1 fully saturated rings. The van der Waals surface area contributed by atoms with E-state index in [9.17, 15) is 5.11 Å². The Morgan fingerprint density at radius 3 is 2.50 bits per heavy atom. The van der Waals surface area contributed by atoms with E-state index in [0.29, 0.717) is 25.7 Å². The maximum absolute atomic E-state index is 10.6. The zero-order valence-electron chi connectivity index (χ0n) is 11.8. The molecule has 0 heterocycles. The van der Waals surface area contributed by atoms with Crippen molar-refractivity contribution in [3.63, 3.8) is 0 Å². The van der Waals surface area contributed by atoms with E-state index in [0.717, 1.165) is 38.5 Å². The summed E-state index contributed by atoms with van der Waals surface area (Å²) in [6, 6.07) is 0.311. The van der Waals surface area contributed by atoms with Crippen molar-refractivity contribution in [2.45, 2.75) is 63.0 Å². The number of hydrogen-bond donors (Lipinski definition) is 3. The van der Waals surface area contributed by atoms with Gasteiger partial charge in [-0.1, -0.05) is 25.7 Å². The second-order valence-electron chi connectivity index (χ2n) is 5.60. The molecule has 1 aliphatic carbocycles. The lowest BCUT2D eigenvalue weighted by atomic mass is 9.94. The molecule has 0 aliphatic heterocycles. The lowest BCUT2D eigenvalue weighted by Crippen LogP contribution is -2.45. The van der Waals surface area contributed by atoms with Gasteiger partial charge < -0.3 is 20.9 Å². The molecule has 0 spiro atoms. The molecule has 1 saturated carbocycles. The first-order valence-corrected chi connectivity index (χ1v) is 7.35. The normalized spacial score (nSPS) is 21.5. The van der Waals surface area contributed by atoms with Crippen molar-refractivity contribution in [1.82, 2.24) is 5.32 Å². The average Bonchev–Trinajstić information content (AvgIpc) is 2.58. The van der Waals surface area contributed by atoms with E-state index in [1.54, 1.807) is 7.11 Å². The lowest BCUT2D eigenvalue weighted by molar-refractivity contribution is 0.0191. The van der Waals surface area contributed by atoms with Gasteiger partial charge in [0, 0.05) is 19.7 Å². The molecule has 0 aromatic carbocycles. The predicted molar refractivity (Wildman–Crippen MR) is 74.6 cm³/mol. The van der Waals surface area contributed by atoms with Crippen LogP contribution in [0.15, 0.2) is 0 Å². The van der Waals surface area contributed by atoms with Crippen molar-refractivity contribution in [3.05, 3.63) is 0 Å². The Kier molecular flexibility index (Phi) is 7.82. The Morgan fingerprint density at radius 2 is 1.94 bits per heavy atom. The Labute approximate surface area is 111 Å². The van der Waals surface area contributed by atoms with Gasteiger partial charge >= 0.3 is 0 Å². The Balaban J connectivity index is 2.33. The van der Waals surface area contributed by atoms with Gasteiger partial charge in [-0.2, -0.15) is 0 Å². The third-order valence-electron chi connectivity index (χ3n) is 3.88. The van der Waals surface area contributed by atoms with Crippen LogP contribution in [0.5, 0.6) is 0 Å². The number of ether oxygens (including phenoxy) is 1. The zero-order valence-corrected chi connectivity index (χ0v) is 11.8. The fourth-order valence-corrected chi connectivity index (χ4v) is 2.71. The molecule has 0 aromatic rings. The van der Waals surface area contributed by atoms with Gasteiger partial charge in [0.05, 0.1) is 12.2 Å². The number of methoxy groups -OCH3 is 1. The third kappa shape index (κ3) is 6.14. The van der Waals surface area contributed by atoms with Gasteiger partial charge in [0.25, 0.3) is 0 Å². The maximum atomic E-state index is 10.6. The number of aliphatic hydroxyl groups is 1. The topological polar surface area (TPSA) is 67.5 Å². The van der Waals surface area contributed by atoms with Gasteiger partial charge in [0.2, 0.25) is 0 Å². The first-order valence-electron chi connectivity index (χ1n) is 7.35. The minimum Gasteiger partial charge on any atom is -0.389 e. The molecule has 1 rings (SSSR count). The second-order valence-corrected chi connectivity index (χ2v) is 5.60. The van der Waals surface area contributed by atoms with Crippen molar-refractivity contribution in [1.29, 1.82) is 0 Å². The molecule has 4 nitrogen and oxygen atoms in total. The van der Waals surface area contributed by atoms with Crippen molar-refractivity contribution in [3.8, 4) is 0 Å². The highest BCUT2D eigenvalue weighted by molar-refractivity contribution is 4.84. The minimum absolute atomic E-state index is 0.311. The van der Waals surface area contributed by atoms with Crippen LogP contribution in [0.3, 0.4) is 0 Å². The second kappa shape index (κ2) is 8.86. The lowest BCUT2D eigenvalue weighted by Gasteiger charge is -2.29. The summed E-state index contributed by atoms with van der Waals surface area (Å²) in [6.45, 7) is 2.09. The fraction of sp³-hybridized carbons (Fsp3) is 1.00. The Hall–Kier alpha value is -0.160. The quantitative estimate of drug-likeness (QED) is 0.576. The van der Waals surface area contributed by atoms with Crippen molar-refractivity contribution in [2.24, 2.45) is 5.73 Å². The predicted octanol–water partition coefficient (Wildman–Crippen LogP) is 1.42. The van der Waals surface area contributed by atoms with Gasteiger partial charge in [-0.3, -0.25) is 0 Å². The monoisotopic (exact) mass is 258 g/mol. The maximum Gasteiger partial charge on any atom is 0.0771 e. The van der Waals surface area contributed by atoms with Crippen LogP contribution in [-0.4, -0.2) is 43.6 Å². The molecule has 18 heavy (non-hydrogen) atoms. The molecule has 1 atom stereocenters. The highest BCUT2D eigenvalue weighted by Crippen LogP contribution is 2.26. The van der Waals surface area contributed by atoms with Gasteiger partial charge in [0.1, 0.15) is 0 Å². The summed E-state index contributed by atoms with van der Waals surface area (Å²) in [5.41, 5.74) is 5.03. The summed E-state index contributed by atoms with van der Waals surface area (Å²) >= 11 is 0. The van der Waals surface area contributed by atoms with Crippen LogP contribution >= 0.6 is 0 Å². The molecule has 1 aliphatic rings. The molecule has 0 aromatic heterocycles. The van der Waals surface area contributed by atoms with E-state index >= 15 is 0 Å². The van der Waals surface area contributed by atoms with Crippen LogP contribution in [0, 0.1) is 0 Å². The van der Waals surface area contributed by atoms with Crippen LogP contribution in [0.1, 0.15) is 51.4 Å². The Morgan fingerprint density at radius 1 is 1.28 bits per heavy atom. The standard InChI is InChI=1S/C14H30N2O2/c1-18-11-13(7-6-10-15)16-12-14(17)8-4-2-3-5-9-14/h13,16-17H,2-12,15H2,1H3. The van der Waals surface area contributed by atoms with Crippen LogP contribution in [0.25, 0.3) is 0 Å². The van der Waals surface area contributed by atoms with Crippen LogP contribution in [0.4, 0.5) is 0 Å². The largest absolute Gasteiger partial charge is 0.389 e. The van der Waals surface area contributed by atoms with E-state index in [-0.39, 0.29) is 0 Å². The van der Waals surface area contributed by atoms with Gasteiger partial charge in [-0.15, -0.1) is 0 Å². The average molecular weight is 258 g/mol. The highest BCUT2D eigenvalue weighted by atomic mass is 16.5. The minimum atomic E-state index is -0.509. The summed E-state index contributed by atoms with van der Waals surface area (Å²) in [5, 5.41) is 14.0. The van der Waals surface area contributed by atoms with E-state index in [1.165, 1.54) is 12.8 Å². The molecular weight excluding hydrogens is 228 g/mol. The third-order valence-corrected chi connectivity index (χ3v) is 3.88. The Bertz CT molecular complexity index is 204. The van der Waals surface area contributed by atoms with E-state index in [1.807, 2.05) is 0 Å². The van der Waals surface area contributed by atoms with Gasteiger partial charge in [-0.25, -0.2) is 0 Å². The number of rotatable bonds is 8. The van der Waals surface area contributed by atoms with Crippen molar-refractivity contribution >= 4 is 0 Å². The first-order chi connectivity index (χ1) is 8.70. The summed E-state index contributed by atoms with van der Waals surface area (Å²) in [7, 11) is 1.72. The number of nitrogens with two attached hydrogens (primary N) is 1. The summed E-state index contributed by atoms with van der Waals surface area (Å²) in [6.07, 6.45) is 8.69. The van der Waals surface area contributed by atoms with E-state index in [4.69, 9.17) is 10.5 Å². The fourth-order valence-electron chi connectivity index (χ4n) is 2.71. The van der Waals surface area contributed by atoms with Gasteiger partial charge in [0.15, 0.2) is 0 Å². The molecular formula is C14H30N2O2. The van der Waals surface area contributed by atoms with E-state index < -0.39 is 5.60 Å². The molecule has 0 amide bonds. The summed E-state index contributed by atoms with van der Waals surface area (Å²) in [5.74, 6) is 0. The summed E-state index contributed by atoms with van der Waals surface area (Å²) < 4.78 is 5.21. The SMILES string of the molecule is COCC(CCCN)NCC1(O)CCCCCC1. The molecule has 0 saturated heterocycles. The smallest absolute Gasteiger partial charge is 0.0771 e. The first kappa shape index (κ1) is 15.9. The zero-order chi connectivity index (χ0) is 13.3. The van der Waals surface area contributed by atoms with Crippen molar-refractivity contribution < 1.29 is 9.84 Å². The number of hydrogen-bond acceptors (Lipinski definition) is 4. The van der Waals surface area contributed by atoms with Crippen LogP contribution < -0.4 is 11.1 Å². The molecule has 0 bridgehead atoms. The number of nitrogens with one attached hydrogen (secondary N) is 1.